The number of nitrogens with zero attached hydrogens (tertiary/aromatic N) is 4. The minimum absolute atomic E-state index is 0.766. The molecule has 0 bridgehead atoms. The maximum absolute atomic E-state index is 4.34. The molecule has 0 radical (unpaired) electrons. The lowest BCUT2D eigenvalue weighted by Gasteiger charge is -2.02. The van der Waals surface area contributed by atoms with Gasteiger partial charge in [0, 0.05) is 12.3 Å². The van der Waals surface area contributed by atoms with Crippen LogP contribution in [-0.4, -0.2) is 33.0 Å². The van der Waals surface area contributed by atoms with Gasteiger partial charge in [-0.15, -0.1) is 10.2 Å². The van der Waals surface area contributed by atoms with Crippen molar-refractivity contribution < 1.29 is 0 Å². The Labute approximate surface area is 118 Å². The predicted molar refractivity (Wildman–Crippen MR) is 77.4 cm³/mol. The summed E-state index contributed by atoms with van der Waals surface area (Å²) in [6.07, 6.45) is 5.55. The third-order valence-electron chi connectivity index (χ3n) is 1.97. The highest BCUT2D eigenvalue weighted by atomic mass is 32.2. The van der Waals surface area contributed by atoms with E-state index < -0.39 is 0 Å². The van der Waals surface area contributed by atoms with E-state index in [1.165, 1.54) is 0 Å². The van der Waals surface area contributed by atoms with Crippen LogP contribution in [0.15, 0.2) is 21.1 Å². The lowest BCUT2D eigenvalue weighted by Crippen LogP contribution is -2.00. The number of hydrogen-bond donors (Lipinski definition) is 1. The molecule has 1 N–H and O–H groups in total. The van der Waals surface area contributed by atoms with Gasteiger partial charge in [0.15, 0.2) is 8.68 Å². The summed E-state index contributed by atoms with van der Waals surface area (Å²) in [7, 11) is 0. The Hall–Kier alpha value is -0.860. The molecule has 0 aliphatic carbocycles. The maximum Gasteiger partial charge on any atom is 0.175 e. The van der Waals surface area contributed by atoms with E-state index in [4.69, 9.17) is 0 Å². The Balaban J connectivity index is 1.89. The molecule has 2 aromatic heterocycles. The molecule has 8 heteroatoms. The number of rotatable bonds is 6. The van der Waals surface area contributed by atoms with Gasteiger partial charge in [-0.2, -0.15) is 0 Å². The average Bonchev–Trinajstić information content (AvgIpc) is 2.86. The fourth-order valence-electron chi connectivity index (χ4n) is 1.18. The fraction of sp³-hybridized carbons (Fsp3) is 0.400. The van der Waals surface area contributed by atoms with Gasteiger partial charge in [0.05, 0.1) is 18.1 Å². The summed E-state index contributed by atoms with van der Waals surface area (Å²) in [6.45, 7) is 2.88. The molecular formula is C10H13N5S3. The van der Waals surface area contributed by atoms with Crippen molar-refractivity contribution in [3.8, 4) is 0 Å². The molecule has 18 heavy (non-hydrogen) atoms. The zero-order valence-corrected chi connectivity index (χ0v) is 12.5. The molecule has 0 saturated carbocycles. The molecule has 0 atom stereocenters. The molecular weight excluding hydrogens is 286 g/mol. The number of hydrogen-bond acceptors (Lipinski definition) is 8. The molecule has 0 amide bonds. The summed E-state index contributed by atoms with van der Waals surface area (Å²) < 4.78 is 1.96. The monoisotopic (exact) mass is 299 g/mol. The van der Waals surface area contributed by atoms with Crippen LogP contribution in [0.4, 0.5) is 5.82 Å². The highest BCUT2D eigenvalue weighted by molar-refractivity contribution is 8.02. The van der Waals surface area contributed by atoms with Crippen molar-refractivity contribution in [3.63, 3.8) is 0 Å². The molecule has 0 unspecified atom stereocenters. The topological polar surface area (TPSA) is 63.6 Å². The van der Waals surface area contributed by atoms with E-state index in [1.54, 1.807) is 47.3 Å². The summed E-state index contributed by atoms with van der Waals surface area (Å²) in [5, 5.41) is 11.3. The van der Waals surface area contributed by atoms with Crippen LogP contribution in [0.1, 0.15) is 12.6 Å². The van der Waals surface area contributed by atoms with Crippen molar-refractivity contribution in [1.29, 1.82) is 0 Å². The summed E-state index contributed by atoms with van der Waals surface area (Å²) in [4.78, 5) is 8.62. The average molecular weight is 299 g/mol. The van der Waals surface area contributed by atoms with Crippen molar-refractivity contribution in [2.24, 2.45) is 0 Å². The number of anilines is 1. The molecule has 0 aliphatic rings. The van der Waals surface area contributed by atoms with Crippen molar-refractivity contribution in [2.75, 3.05) is 18.1 Å². The normalized spacial score (nSPS) is 10.6. The molecule has 0 spiro atoms. The number of aromatic nitrogens is 4. The second-order valence-electron chi connectivity index (χ2n) is 3.25. The lowest BCUT2D eigenvalue weighted by atomic mass is 10.5. The van der Waals surface area contributed by atoms with Crippen LogP contribution >= 0.6 is 34.9 Å². The molecule has 5 nitrogen and oxygen atoms in total. The summed E-state index contributed by atoms with van der Waals surface area (Å²) in [6, 6.07) is 0. The highest BCUT2D eigenvalue weighted by Gasteiger charge is 2.05. The molecule has 2 heterocycles. The van der Waals surface area contributed by atoms with Crippen LogP contribution < -0.4 is 5.32 Å². The van der Waals surface area contributed by atoms with Crippen molar-refractivity contribution in [3.05, 3.63) is 18.1 Å². The Kier molecular flexibility index (Phi) is 5.21. The van der Waals surface area contributed by atoms with Gasteiger partial charge in [-0.25, -0.2) is 4.98 Å². The van der Waals surface area contributed by atoms with E-state index >= 15 is 0 Å². The van der Waals surface area contributed by atoms with Crippen LogP contribution in [0.5, 0.6) is 0 Å². The predicted octanol–water partition coefficient (Wildman–Crippen LogP) is 2.77. The highest BCUT2D eigenvalue weighted by Crippen LogP contribution is 2.29. The third kappa shape index (κ3) is 3.82. The molecule has 0 saturated heterocycles. The summed E-state index contributed by atoms with van der Waals surface area (Å²) in [5.74, 6) is 1.58. The first-order chi connectivity index (χ1) is 8.81. The van der Waals surface area contributed by atoms with Gasteiger partial charge in [-0.05, 0) is 13.2 Å². The minimum atomic E-state index is 0.766. The van der Waals surface area contributed by atoms with E-state index in [9.17, 15) is 0 Å². The van der Waals surface area contributed by atoms with Gasteiger partial charge < -0.3 is 5.32 Å². The summed E-state index contributed by atoms with van der Waals surface area (Å²) >= 11 is 4.86. The second kappa shape index (κ2) is 6.91. The van der Waals surface area contributed by atoms with Gasteiger partial charge in [0.2, 0.25) is 0 Å². The first kappa shape index (κ1) is 13.6. The van der Waals surface area contributed by atoms with Crippen molar-refractivity contribution in [1.82, 2.24) is 20.2 Å². The van der Waals surface area contributed by atoms with E-state index in [2.05, 4.69) is 25.5 Å². The van der Waals surface area contributed by atoms with Gasteiger partial charge in [-0.1, -0.05) is 34.9 Å². The zero-order valence-electron chi connectivity index (χ0n) is 10.1. The zero-order chi connectivity index (χ0) is 12.8. The van der Waals surface area contributed by atoms with Crippen LogP contribution in [0.25, 0.3) is 0 Å². The van der Waals surface area contributed by atoms with E-state index in [-0.39, 0.29) is 0 Å². The van der Waals surface area contributed by atoms with Gasteiger partial charge >= 0.3 is 0 Å². The van der Waals surface area contributed by atoms with Crippen LogP contribution in [0.3, 0.4) is 0 Å². The lowest BCUT2D eigenvalue weighted by molar-refractivity contribution is 0.954. The fourth-order valence-corrected chi connectivity index (χ4v) is 3.51. The molecule has 0 fully saturated rings. The van der Waals surface area contributed by atoms with Crippen LogP contribution in [0.2, 0.25) is 0 Å². The SMILES string of the molecule is CCNc1cnc(CSc2nnc(SC)s2)cn1. The van der Waals surface area contributed by atoms with E-state index in [1.807, 2.05) is 13.2 Å². The number of nitrogens with one attached hydrogen (secondary N) is 1. The molecule has 0 aliphatic heterocycles. The molecule has 2 aromatic rings. The molecule has 0 aromatic carbocycles. The Morgan fingerprint density at radius 2 is 2.06 bits per heavy atom. The van der Waals surface area contributed by atoms with Crippen molar-refractivity contribution >= 4 is 40.7 Å². The molecule has 2 rings (SSSR count). The Morgan fingerprint density at radius 3 is 2.67 bits per heavy atom. The van der Waals surface area contributed by atoms with E-state index in [0.717, 1.165) is 32.5 Å². The van der Waals surface area contributed by atoms with Gasteiger partial charge in [0.1, 0.15) is 5.82 Å². The molecule has 96 valence electrons. The largest absolute Gasteiger partial charge is 0.369 e. The van der Waals surface area contributed by atoms with Gasteiger partial charge in [0.25, 0.3) is 0 Å². The minimum Gasteiger partial charge on any atom is -0.369 e. The second-order valence-corrected chi connectivity index (χ2v) is 6.50. The first-order valence-electron chi connectivity index (χ1n) is 5.37. The standard InChI is InChI=1S/C10H13N5S3/c1-3-11-8-5-12-7(4-13-8)6-17-10-15-14-9(16-2)18-10/h4-5H,3,6H2,1-2H3,(H,11,13). The summed E-state index contributed by atoms with van der Waals surface area (Å²) in [5.41, 5.74) is 0.947. The third-order valence-corrected chi connectivity index (χ3v) is 5.03. The van der Waals surface area contributed by atoms with Crippen LogP contribution in [0, 0.1) is 0 Å². The van der Waals surface area contributed by atoms with Crippen molar-refractivity contribution in [2.45, 2.75) is 21.4 Å². The Bertz CT molecular complexity index is 485. The first-order valence-corrected chi connectivity index (χ1v) is 8.39. The quantitative estimate of drug-likeness (QED) is 0.823. The number of thioether (sulfide) groups is 2. The van der Waals surface area contributed by atoms with E-state index in [0.29, 0.717) is 0 Å². The van der Waals surface area contributed by atoms with Gasteiger partial charge in [-0.3, -0.25) is 4.98 Å². The van der Waals surface area contributed by atoms with Crippen LogP contribution in [-0.2, 0) is 5.75 Å². The smallest absolute Gasteiger partial charge is 0.175 e. The maximum atomic E-state index is 4.34. The Morgan fingerprint density at radius 1 is 1.22 bits per heavy atom.